The van der Waals surface area contributed by atoms with Crippen LogP contribution in [-0.2, 0) is 0 Å². The Bertz CT molecular complexity index is 9970. The van der Waals surface area contributed by atoms with E-state index in [1.807, 2.05) is 0 Å². The normalized spacial score (nSPS) is 11.7. The van der Waals surface area contributed by atoms with Crippen molar-refractivity contribution in [2.24, 2.45) is 0 Å². The molecule has 0 aliphatic rings. The molecule has 658 valence electrons. The molecule has 0 unspecified atom stereocenters. The van der Waals surface area contributed by atoms with Crippen LogP contribution >= 0.6 is 0 Å². The predicted molar refractivity (Wildman–Crippen MR) is 605 cm³/mol. The van der Waals surface area contributed by atoms with Crippen LogP contribution in [0.3, 0.4) is 0 Å². The molecule has 0 saturated heterocycles. The number of nitrogens with zero attached hydrogens (tertiary/aromatic N) is 3. The Morgan fingerprint density at radius 1 is 0.142 bits per heavy atom. The van der Waals surface area contributed by atoms with Crippen molar-refractivity contribution in [1.29, 1.82) is 0 Å². The molecule has 0 saturated carbocycles. The molecule has 4 heteroatoms. The molecule has 0 radical (unpaired) electrons. The molecule has 0 spiro atoms. The highest BCUT2D eigenvalue weighted by molar-refractivity contribution is 6.20. The number of aromatic nitrogens is 4. The zero-order valence-electron chi connectivity index (χ0n) is 77.5. The first-order valence-electron chi connectivity index (χ1n) is 48.7. The van der Waals surface area contributed by atoms with E-state index in [0.717, 1.165) is 0 Å². The smallest absolute Gasteiger partial charge is 0.0541 e. The molecule has 0 aliphatic carbocycles. The summed E-state index contributed by atoms with van der Waals surface area (Å²) in [6.45, 7) is 2.24. The molecule has 0 atom stereocenters. The van der Waals surface area contributed by atoms with E-state index in [4.69, 9.17) is 0 Å². The summed E-state index contributed by atoms with van der Waals surface area (Å²) in [7, 11) is 0. The minimum atomic E-state index is 1.18. The Labute approximate surface area is 814 Å². The second-order valence-electron chi connectivity index (χ2n) is 37.4. The summed E-state index contributed by atoms with van der Waals surface area (Å²) < 4.78 is 7.14. The molecule has 141 heavy (non-hydrogen) atoms. The lowest BCUT2D eigenvalue weighted by Gasteiger charge is -2.16. The summed E-state index contributed by atoms with van der Waals surface area (Å²) in [4.78, 5) is 3.52. The van der Waals surface area contributed by atoms with Gasteiger partial charge < -0.3 is 18.7 Å². The first-order chi connectivity index (χ1) is 69.8. The zero-order valence-corrected chi connectivity index (χ0v) is 77.5. The standard InChI is InChI=1S/C37H25N.C36H23N.2C32H21N/c1-24-29-10-2-4-14-33(29)37(34-15-5-3-11-30(24)34)27-19-18-26-23-28(21-20-25(26)22-27)38-35-16-8-6-12-31(35)32-13-7-9-17-36(32)38;1-3-11-30-26(9-1)22-27-10-2-4-12-31(27)36(30)28-18-17-25-23-29(20-19-24(25)21-28)37-34-15-7-5-13-32(34)33-14-6-8-16-35(33)37;1-3-9-26-24(7-1)19-25-8-2-4-10-27(25)32(26)22-15-13-21(14-16-22)23-17-18-31-29(20-23)28-11-5-6-12-30(28)33-31;1-2-9-24-21-30-25(20-23(24)8-1)10-7-13-27(30)22-16-18-26(19-17-22)33-31-14-5-3-11-28(31)29-12-4-6-15-32(29)33/h2-23H,1H3;1-23H;1-20,33H;1-21H. The van der Waals surface area contributed by atoms with Crippen molar-refractivity contribution in [3.8, 4) is 72.7 Å². The van der Waals surface area contributed by atoms with E-state index in [1.54, 1.807) is 0 Å². The molecule has 30 aromatic rings. The number of aromatic amines is 1. The average Bonchev–Trinajstić information content (AvgIpc) is 1.71. The molecule has 0 fully saturated rings. The molecule has 0 bridgehead atoms. The number of fused-ring (bicyclic) bond motifs is 22. The maximum atomic E-state index is 3.52. The summed E-state index contributed by atoms with van der Waals surface area (Å²) >= 11 is 0. The summed E-state index contributed by atoms with van der Waals surface area (Å²) in [5.74, 6) is 0. The minimum absolute atomic E-state index is 1.18. The summed E-state index contributed by atoms with van der Waals surface area (Å²) in [5.41, 5.74) is 27.4. The van der Waals surface area contributed by atoms with Crippen molar-refractivity contribution in [1.82, 2.24) is 18.7 Å². The monoisotopic (exact) mass is 1790 g/mol. The van der Waals surface area contributed by atoms with E-state index in [2.05, 4.69) is 547 Å². The molecule has 4 aromatic heterocycles. The molecule has 1 N–H and O–H groups in total. The first kappa shape index (κ1) is 82.0. The van der Waals surface area contributed by atoms with Crippen molar-refractivity contribution < 1.29 is 0 Å². The van der Waals surface area contributed by atoms with E-state index in [0.29, 0.717) is 0 Å². The quantitative estimate of drug-likeness (QED) is 0.147. The van der Waals surface area contributed by atoms with Crippen LogP contribution in [0.5, 0.6) is 0 Å². The van der Waals surface area contributed by atoms with Crippen molar-refractivity contribution in [3.05, 3.63) is 527 Å². The number of benzene rings is 26. The van der Waals surface area contributed by atoms with Gasteiger partial charge in [-0.05, 0) is 303 Å². The van der Waals surface area contributed by atoms with Gasteiger partial charge >= 0.3 is 0 Å². The van der Waals surface area contributed by atoms with Gasteiger partial charge in [0.15, 0.2) is 0 Å². The number of aryl methyl sites for hydroxylation is 1. The molecular formula is C137H90N4. The van der Waals surface area contributed by atoms with Crippen LogP contribution in [0, 0.1) is 6.92 Å². The van der Waals surface area contributed by atoms with Crippen molar-refractivity contribution in [3.63, 3.8) is 0 Å². The highest BCUT2D eigenvalue weighted by Crippen LogP contribution is 2.46. The molecule has 0 aliphatic heterocycles. The largest absolute Gasteiger partial charge is 0.355 e. The van der Waals surface area contributed by atoms with Gasteiger partial charge in [-0.2, -0.15) is 0 Å². The maximum Gasteiger partial charge on any atom is 0.0541 e. The molecule has 4 nitrogen and oxygen atoms in total. The van der Waals surface area contributed by atoms with Crippen LogP contribution in [0.15, 0.2) is 522 Å². The fraction of sp³-hybridized carbons (Fsp3) is 0.00730. The Kier molecular flexibility index (Phi) is 19.8. The van der Waals surface area contributed by atoms with Crippen molar-refractivity contribution in [2.45, 2.75) is 6.92 Å². The van der Waals surface area contributed by atoms with Crippen LogP contribution in [0.1, 0.15) is 5.56 Å². The fourth-order valence-electron chi connectivity index (χ4n) is 22.8. The lowest BCUT2D eigenvalue weighted by Crippen LogP contribution is -1.94. The van der Waals surface area contributed by atoms with Crippen molar-refractivity contribution >= 4 is 195 Å². The Balaban J connectivity index is 0.0000000944. The lowest BCUT2D eigenvalue weighted by molar-refractivity contribution is 1.18. The maximum absolute atomic E-state index is 3.52. The van der Waals surface area contributed by atoms with Crippen molar-refractivity contribution in [2.75, 3.05) is 0 Å². The van der Waals surface area contributed by atoms with Crippen LogP contribution in [0.25, 0.3) is 268 Å². The summed E-state index contributed by atoms with van der Waals surface area (Å²) in [6, 6.07) is 190. The Hall–Kier alpha value is -18.5. The third-order valence-electron chi connectivity index (χ3n) is 29.4. The molecular weight excluding hydrogens is 1700 g/mol. The van der Waals surface area contributed by atoms with E-state index >= 15 is 0 Å². The van der Waals surface area contributed by atoms with Gasteiger partial charge in [0.1, 0.15) is 0 Å². The topological polar surface area (TPSA) is 30.6 Å². The van der Waals surface area contributed by atoms with E-state index in [-0.39, 0.29) is 0 Å². The van der Waals surface area contributed by atoms with Gasteiger partial charge in [0.2, 0.25) is 0 Å². The SMILES string of the molecule is Cc1c2ccccc2c(-c2ccc3cc(-n4c5ccccc5c5ccccc54)ccc3c2)c2ccccc12.c1ccc2c(-c3ccc(-c4ccc5[nH]c6ccccc6c5c4)cc3)c3ccccc3cc2c1.c1ccc2c(-c3ccc4cc(-n5c6ccccc6c6ccccc65)ccc4c3)c3ccccc3cc2c1.c1ccc2cc3c(-c4ccc(-n5c6ccccc6c6ccccc65)cc4)cccc3cc2c1. The van der Waals surface area contributed by atoms with Gasteiger partial charge in [0.05, 0.1) is 33.1 Å². The highest BCUT2D eigenvalue weighted by Gasteiger charge is 2.22. The summed E-state index contributed by atoms with van der Waals surface area (Å²) in [5, 5.41) is 35.9. The summed E-state index contributed by atoms with van der Waals surface area (Å²) in [6.07, 6.45) is 0. The van der Waals surface area contributed by atoms with E-state index in [1.165, 1.54) is 273 Å². The highest BCUT2D eigenvalue weighted by atomic mass is 15.0. The van der Waals surface area contributed by atoms with Gasteiger partial charge in [-0.1, -0.05) is 394 Å². The Morgan fingerprint density at radius 2 is 0.418 bits per heavy atom. The third kappa shape index (κ3) is 14.1. The lowest BCUT2D eigenvalue weighted by atomic mass is 9.88. The van der Waals surface area contributed by atoms with Gasteiger partial charge in [-0.15, -0.1) is 0 Å². The van der Waals surface area contributed by atoms with Crippen LogP contribution in [0.2, 0.25) is 0 Å². The molecule has 26 aromatic carbocycles. The van der Waals surface area contributed by atoms with Gasteiger partial charge in [0, 0.05) is 71.2 Å². The third-order valence-corrected chi connectivity index (χ3v) is 29.4. The van der Waals surface area contributed by atoms with E-state index < -0.39 is 0 Å². The molecule has 30 rings (SSSR count). The van der Waals surface area contributed by atoms with Crippen LogP contribution < -0.4 is 0 Å². The van der Waals surface area contributed by atoms with Gasteiger partial charge in [-0.25, -0.2) is 0 Å². The predicted octanol–water partition coefficient (Wildman–Crippen LogP) is 37.8. The van der Waals surface area contributed by atoms with Gasteiger partial charge in [-0.3, -0.25) is 0 Å². The van der Waals surface area contributed by atoms with Gasteiger partial charge in [0.25, 0.3) is 0 Å². The number of H-pyrrole nitrogens is 1. The number of nitrogens with one attached hydrogen (secondary N) is 1. The fourth-order valence-corrected chi connectivity index (χ4v) is 22.8. The average molecular weight is 1790 g/mol. The van der Waals surface area contributed by atoms with Crippen LogP contribution in [-0.4, -0.2) is 18.7 Å². The van der Waals surface area contributed by atoms with Crippen LogP contribution in [0.4, 0.5) is 0 Å². The van der Waals surface area contributed by atoms with E-state index in [9.17, 15) is 0 Å². The Morgan fingerprint density at radius 3 is 0.865 bits per heavy atom. The number of hydrogen-bond acceptors (Lipinski definition) is 0. The number of hydrogen-bond donors (Lipinski definition) is 1. The molecule has 4 heterocycles. The second kappa shape index (κ2) is 34.1. The zero-order chi connectivity index (χ0) is 93.1. The second-order valence-corrected chi connectivity index (χ2v) is 37.4. The number of para-hydroxylation sites is 7. The minimum Gasteiger partial charge on any atom is -0.355 e. The molecule has 0 amide bonds. The number of rotatable bonds is 8. The first-order valence-corrected chi connectivity index (χ1v) is 48.7.